The summed E-state index contributed by atoms with van der Waals surface area (Å²) in [5, 5.41) is 13.0. The Morgan fingerprint density at radius 2 is 1.88 bits per heavy atom. The van der Waals surface area contributed by atoms with Gasteiger partial charge in [0.1, 0.15) is 0 Å². The number of nitriles is 1. The zero-order valence-electron chi connectivity index (χ0n) is 22.3. The molecule has 1 heterocycles. The Labute approximate surface area is 242 Å². The normalized spacial score (nSPS) is 15.7. The lowest BCUT2D eigenvalue weighted by Gasteiger charge is -2.20. The first-order chi connectivity index (χ1) is 19.7. The third kappa shape index (κ3) is 6.66. The summed E-state index contributed by atoms with van der Waals surface area (Å²) >= 11 is 6.09. The fourth-order valence-corrected chi connectivity index (χ4v) is 5.83. The standard InChI is InChI=1S/C33H29ClF3N3O/c34-27-8-2-7-25(18-27)21-39-32(41)40-30-16-14-22(4-1-5-23-10-12-24(20-38)13-11-23)6-3-9-28(30)29-19-26(33(35,36)37)15-17-31(29)40/h1-2,5,7-8,10-13,15,17-19,22H,3-4,6,9,14,16,21H2,(H,39,41)/b5-1+. The number of carbonyl (C=O) groups is 1. The van der Waals surface area contributed by atoms with Gasteiger partial charge in [0.2, 0.25) is 0 Å². The molecule has 210 valence electrons. The Bertz CT molecular complexity index is 1630. The number of rotatable bonds is 5. The molecule has 1 unspecified atom stereocenters. The van der Waals surface area contributed by atoms with Crippen LogP contribution in [0.4, 0.5) is 18.0 Å². The average molecular weight is 576 g/mol. The maximum absolute atomic E-state index is 13.6. The molecule has 0 spiro atoms. The first kappa shape index (κ1) is 28.5. The van der Waals surface area contributed by atoms with E-state index < -0.39 is 11.7 Å². The lowest BCUT2D eigenvalue weighted by molar-refractivity contribution is -0.137. The van der Waals surface area contributed by atoms with Crippen LogP contribution in [-0.4, -0.2) is 10.6 Å². The number of aromatic nitrogens is 1. The number of carbonyl (C=O) groups excluding carboxylic acids is 1. The molecule has 0 radical (unpaired) electrons. The van der Waals surface area contributed by atoms with Crippen LogP contribution in [0.15, 0.2) is 72.8 Å². The Morgan fingerprint density at radius 1 is 1.07 bits per heavy atom. The van der Waals surface area contributed by atoms with E-state index in [1.54, 1.807) is 34.9 Å². The van der Waals surface area contributed by atoms with Gasteiger partial charge in [0, 0.05) is 22.6 Å². The summed E-state index contributed by atoms with van der Waals surface area (Å²) in [7, 11) is 0. The van der Waals surface area contributed by atoms with Crippen LogP contribution in [0.5, 0.6) is 0 Å². The molecule has 3 aromatic carbocycles. The number of hydrogen-bond acceptors (Lipinski definition) is 2. The van der Waals surface area contributed by atoms with Crippen LogP contribution >= 0.6 is 11.6 Å². The van der Waals surface area contributed by atoms with Gasteiger partial charge in [-0.25, -0.2) is 4.79 Å². The minimum atomic E-state index is -4.47. The molecule has 0 aliphatic heterocycles. The van der Waals surface area contributed by atoms with Crippen molar-refractivity contribution < 1.29 is 18.0 Å². The van der Waals surface area contributed by atoms with Gasteiger partial charge in [-0.2, -0.15) is 18.4 Å². The van der Waals surface area contributed by atoms with Crippen LogP contribution in [0.3, 0.4) is 0 Å². The number of alkyl halides is 3. The van der Waals surface area contributed by atoms with Gasteiger partial charge in [0.15, 0.2) is 0 Å². The van der Waals surface area contributed by atoms with E-state index in [2.05, 4.69) is 17.5 Å². The third-order valence-electron chi connectivity index (χ3n) is 7.69. The number of nitrogens with zero attached hydrogens (tertiary/aromatic N) is 2. The zero-order chi connectivity index (χ0) is 29.0. The molecule has 0 saturated carbocycles. The highest BCUT2D eigenvalue weighted by Crippen LogP contribution is 2.37. The molecule has 1 atom stereocenters. The van der Waals surface area contributed by atoms with E-state index >= 15 is 0 Å². The van der Waals surface area contributed by atoms with Gasteiger partial charge in [-0.15, -0.1) is 0 Å². The topological polar surface area (TPSA) is 57.8 Å². The van der Waals surface area contributed by atoms with Gasteiger partial charge >= 0.3 is 12.2 Å². The molecule has 1 N–H and O–H groups in total. The van der Waals surface area contributed by atoms with Crippen molar-refractivity contribution in [2.24, 2.45) is 5.92 Å². The fraction of sp³-hybridized carbons (Fsp3) is 0.273. The summed E-state index contributed by atoms with van der Waals surface area (Å²) in [6, 6.07) is 20.0. The van der Waals surface area contributed by atoms with Gasteiger partial charge < -0.3 is 5.32 Å². The second-order valence-electron chi connectivity index (χ2n) is 10.4. The molecule has 0 fully saturated rings. The Balaban J connectivity index is 1.40. The lowest BCUT2D eigenvalue weighted by atomic mass is 9.87. The molecule has 8 heteroatoms. The van der Waals surface area contributed by atoms with Crippen molar-refractivity contribution in [3.63, 3.8) is 0 Å². The number of hydrogen-bond donors (Lipinski definition) is 1. The second kappa shape index (κ2) is 12.2. The summed E-state index contributed by atoms with van der Waals surface area (Å²) in [6.45, 7) is 0.247. The minimum absolute atomic E-state index is 0.247. The van der Waals surface area contributed by atoms with Gasteiger partial charge in [0.05, 0.1) is 22.7 Å². The summed E-state index contributed by atoms with van der Waals surface area (Å²) in [5.74, 6) is 0.379. The fourth-order valence-electron chi connectivity index (χ4n) is 5.62. The van der Waals surface area contributed by atoms with Crippen LogP contribution in [0.2, 0.25) is 5.02 Å². The van der Waals surface area contributed by atoms with E-state index in [-0.39, 0.29) is 12.6 Å². The van der Waals surface area contributed by atoms with E-state index in [4.69, 9.17) is 16.9 Å². The highest BCUT2D eigenvalue weighted by molar-refractivity contribution is 6.30. The maximum atomic E-state index is 13.6. The lowest BCUT2D eigenvalue weighted by Crippen LogP contribution is -2.29. The molecule has 0 bridgehead atoms. The molecular weight excluding hydrogens is 547 g/mol. The van der Waals surface area contributed by atoms with Crippen molar-refractivity contribution in [3.05, 3.63) is 111 Å². The second-order valence-corrected chi connectivity index (χ2v) is 10.9. The number of fused-ring (bicyclic) bond motifs is 3. The van der Waals surface area contributed by atoms with Crippen LogP contribution in [0, 0.1) is 17.2 Å². The molecule has 41 heavy (non-hydrogen) atoms. The number of aryl methyl sites for hydroxylation is 1. The largest absolute Gasteiger partial charge is 0.416 e. The van der Waals surface area contributed by atoms with Crippen LogP contribution < -0.4 is 5.32 Å². The zero-order valence-corrected chi connectivity index (χ0v) is 23.1. The number of nitrogens with one attached hydrogen (secondary N) is 1. The van der Waals surface area contributed by atoms with Crippen LogP contribution in [0.25, 0.3) is 17.0 Å². The highest BCUT2D eigenvalue weighted by Gasteiger charge is 2.32. The van der Waals surface area contributed by atoms with E-state index in [9.17, 15) is 18.0 Å². The van der Waals surface area contributed by atoms with E-state index in [0.717, 1.165) is 54.1 Å². The van der Waals surface area contributed by atoms with Crippen molar-refractivity contribution >= 4 is 34.6 Å². The van der Waals surface area contributed by atoms with Gasteiger partial charge in [-0.05, 0) is 104 Å². The van der Waals surface area contributed by atoms with Gasteiger partial charge in [-0.1, -0.05) is 48.0 Å². The SMILES string of the molecule is N#Cc1ccc(/C=C/CC2CCCc3c(n(C(=O)NCc4cccc(Cl)c4)c4ccc(C(F)(F)F)cc34)CC2)cc1. The van der Waals surface area contributed by atoms with Crippen molar-refractivity contribution in [2.45, 2.75) is 51.2 Å². The van der Waals surface area contributed by atoms with Crippen molar-refractivity contribution in [3.8, 4) is 6.07 Å². The third-order valence-corrected chi connectivity index (χ3v) is 7.93. The predicted octanol–water partition coefficient (Wildman–Crippen LogP) is 8.93. The molecule has 4 nitrogen and oxygen atoms in total. The van der Waals surface area contributed by atoms with Crippen LogP contribution in [-0.2, 0) is 25.6 Å². The molecule has 5 rings (SSSR count). The molecular formula is C33H29ClF3N3O. The van der Waals surface area contributed by atoms with Gasteiger partial charge in [0.25, 0.3) is 0 Å². The summed E-state index contributed by atoms with van der Waals surface area (Å²) in [4.78, 5) is 13.6. The number of allylic oxidation sites excluding steroid dienone is 1. The summed E-state index contributed by atoms with van der Waals surface area (Å²) < 4.78 is 42.4. The van der Waals surface area contributed by atoms with Crippen molar-refractivity contribution in [1.82, 2.24) is 9.88 Å². The Hall–Kier alpha value is -4.02. The maximum Gasteiger partial charge on any atom is 0.416 e. The van der Waals surface area contributed by atoms with Crippen molar-refractivity contribution in [1.29, 1.82) is 5.26 Å². The van der Waals surface area contributed by atoms with E-state index in [0.29, 0.717) is 40.2 Å². The number of amides is 1. The molecule has 0 saturated heterocycles. The number of benzene rings is 3. The first-order valence-corrected chi connectivity index (χ1v) is 14.0. The van der Waals surface area contributed by atoms with Gasteiger partial charge in [-0.3, -0.25) is 4.57 Å². The summed E-state index contributed by atoms with van der Waals surface area (Å²) in [5.41, 5.74) is 3.86. The summed E-state index contributed by atoms with van der Waals surface area (Å²) in [6.07, 6.45) is 4.35. The molecule has 1 aromatic heterocycles. The van der Waals surface area contributed by atoms with Crippen LogP contribution in [0.1, 0.15) is 59.2 Å². The van der Waals surface area contributed by atoms with E-state index in [1.165, 1.54) is 12.1 Å². The average Bonchev–Trinajstić information content (AvgIpc) is 3.24. The minimum Gasteiger partial charge on any atom is -0.333 e. The molecule has 4 aromatic rings. The quantitative estimate of drug-likeness (QED) is 0.258. The Kier molecular flexibility index (Phi) is 8.51. The highest BCUT2D eigenvalue weighted by atomic mass is 35.5. The molecule has 1 aliphatic carbocycles. The monoisotopic (exact) mass is 575 g/mol. The molecule has 1 amide bonds. The predicted molar refractivity (Wildman–Crippen MR) is 156 cm³/mol. The van der Waals surface area contributed by atoms with E-state index in [1.807, 2.05) is 24.3 Å². The first-order valence-electron chi connectivity index (χ1n) is 13.7. The smallest absolute Gasteiger partial charge is 0.333 e. The van der Waals surface area contributed by atoms with Crippen molar-refractivity contribution in [2.75, 3.05) is 0 Å². The Morgan fingerprint density at radius 3 is 2.61 bits per heavy atom. The number of halogens is 4. The molecule has 1 aliphatic rings.